The highest BCUT2D eigenvalue weighted by Gasteiger charge is 2.12. The highest BCUT2D eigenvalue weighted by atomic mass is 16.5. The van der Waals surface area contributed by atoms with E-state index in [1.54, 1.807) is 24.3 Å². The van der Waals surface area contributed by atoms with Crippen molar-refractivity contribution in [2.24, 2.45) is 0 Å². The fourth-order valence-electron chi connectivity index (χ4n) is 1.39. The van der Waals surface area contributed by atoms with E-state index in [2.05, 4.69) is 0 Å². The molecule has 1 aromatic carbocycles. The van der Waals surface area contributed by atoms with Crippen molar-refractivity contribution in [2.75, 3.05) is 0 Å². The Labute approximate surface area is 79.6 Å². The van der Waals surface area contributed by atoms with Crippen LogP contribution in [0.15, 0.2) is 36.5 Å². The normalized spacial score (nSPS) is 10.3. The van der Waals surface area contributed by atoms with E-state index >= 15 is 0 Å². The van der Waals surface area contributed by atoms with Gasteiger partial charge in [-0.2, -0.15) is 4.73 Å². The molecule has 0 aliphatic rings. The molecule has 1 N–H and O–H groups in total. The van der Waals surface area contributed by atoms with Gasteiger partial charge in [-0.1, -0.05) is 12.1 Å². The molecule has 1 heterocycles. The zero-order valence-electron chi connectivity index (χ0n) is 7.18. The van der Waals surface area contributed by atoms with Crippen LogP contribution < -0.4 is 4.73 Å². The van der Waals surface area contributed by atoms with E-state index in [1.165, 1.54) is 12.3 Å². The second-order valence-corrected chi connectivity index (χ2v) is 2.88. The Morgan fingerprint density at radius 3 is 2.71 bits per heavy atom. The maximum atomic E-state index is 11.3. The number of hydrogen-bond donors (Lipinski definition) is 1. The average Bonchev–Trinajstić information content (AvgIpc) is 2.18. The van der Waals surface area contributed by atoms with Gasteiger partial charge >= 0.3 is 5.97 Å². The molecule has 0 aliphatic carbocycles. The summed E-state index contributed by atoms with van der Waals surface area (Å²) in [5.41, 5.74) is 0.514. The lowest BCUT2D eigenvalue weighted by Crippen LogP contribution is -2.26. The molecule has 14 heavy (non-hydrogen) atoms. The standard InChI is InChI=1S/C10H7NO3/c12-10(13)8-5-6-11(14)9-4-2-1-3-7(8)9/h1-6H,(H,12,13). The van der Waals surface area contributed by atoms with Gasteiger partial charge in [-0.3, -0.25) is 0 Å². The molecule has 2 aromatic rings. The van der Waals surface area contributed by atoms with E-state index in [0.29, 0.717) is 15.6 Å². The summed E-state index contributed by atoms with van der Waals surface area (Å²) in [6.07, 6.45) is 1.20. The molecule has 0 aliphatic heterocycles. The molecule has 4 nitrogen and oxygen atoms in total. The highest BCUT2D eigenvalue weighted by Crippen LogP contribution is 2.14. The topological polar surface area (TPSA) is 64.2 Å². The number of benzene rings is 1. The second kappa shape index (κ2) is 2.99. The van der Waals surface area contributed by atoms with E-state index in [-0.39, 0.29) is 5.56 Å². The van der Waals surface area contributed by atoms with Crippen LogP contribution in [0.25, 0.3) is 10.9 Å². The number of hydrogen-bond acceptors (Lipinski definition) is 2. The number of aromatic carboxylic acids is 1. The summed E-state index contributed by atoms with van der Waals surface area (Å²) >= 11 is 0. The van der Waals surface area contributed by atoms with Crippen molar-refractivity contribution >= 4 is 16.9 Å². The largest absolute Gasteiger partial charge is 0.618 e. The summed E-state index contributed by atoms with van der Waals surface area (Å²) in [4.78, 5) is 10.8. The smallest absolute Gasteiger partial charge is 0.336 e. The molecule has 0 spiro atoms. The molecular weight excluding hydrogens is 182 g/mol. The molecule has 0 saturated carbocycles. The van der Waals surface area contributed by atoms with Gasteiger partial charge in [0.1, 0.15) is 0 Å². The van der Waals surface area contributed by atoms with Gasteiger partial charge in [-0.25, -0.2) is 4.79 Å². The molecule has 0 bridgehead atoms. The molecule has 0 unspecified atom stereocenters. The fourth-order valence-corrected chi connectivity index (χ4v) is 1.39. The van der Waals surface area contributed by atoms with E-state index < -0.39 is 5.97 Å². The van der Waals surface area contributed by atoms with Gasteiger partial charge in [0.05, 0.1) is 10.9 Å². The first-order valence-corrected chi connectivity index (χ1v) is 4.04. The number of rotatable bonds is 1. The van der Waals surface area contributed by atoms with Gasteiger partial charge in [0, 0.05) is 12.1 Å². The summed E-state index contributed by atoms with van der Waals surface area (Å²) in [6, 6.07) is 7.91. The maximum Gasteiger partial charge on any atom is 0.336 e. The predicted octanol–water partition coefficient (Wildman–Crippen LogP) is 1.17. The molecule has 0 atom stereocenters. The molecule has 0 fully saturated rings. The van der Waals surface area contributed by atoms with Crippen molar-refractivity contribution in [1.82, 2.24) is 0 Å². The van der Waals surface area contributed by atoms with Crippen molar-refractivity contribution in [1.29, 1.82) is 0 Å². The summed E-state index contributed by atoms with van der Waals surface area (Å²) in [5.74, 6) is -1.03. The van der Waals surface area contributed by atoms with Crippen LogP contribution in [0.1, 0.15) is 10.4 Å². The average molecular weight is 189 g/mol. The van der Waals surface area contributed by atoms with Crippen molar-refractivity contribution in [3.8, 4) is 0 Å². The van der Waals surface area contributed by atoms with Crippen LogP contribution in [-0.4, -0.2) is 11.1 Å². The Balaban J connectivity index is 2.88. The summed E-state index contributed by atoms with van der Waals surface area (Å²) < 4.78 is 0.655. The van der Waals surface area contributed by atoms with Gasteiger partial charge in [0.15, 0.2) is 6.20 Å². The third-order valence-corrected chi connectivity index (χ3v) is 2.04. The van der Waals surface area contributed by atoms with E-state index in [4.69, 9.17) is 5.11 Å². The fraction of sp³-hybridized carbons (Fsp3) is 0. The van der Waals surface area contributed by atoms with Gasteiger partial charge < -0.3 is 10.3 Å². The Hall–Kier alpha value is -2.10. The van der Waals surface area contributed by atoms with Crippen molar-refractivity contribution in [3.63, 3.8) is 0 Å². The molecule has 4 heteroatoms. The number of carbonyl (C=O) groups is 1. The molecule has 70 valence electrons. The number of fused-ring (bicyclic) bond motifs is 1. The minimum atomic E-state index is -1.03. The summed E-state index contributed by atoms with van der Waals surface area (Å²) in [5, 5.41) is 20.6. The van der Waals surface area contributed by atoms with E-state index in [1.807, 2.05) is 0 Å². The molecule has 0 radical (unpaired) electrons. The van der Waals surface area contributed by atoms with Crippen LogP contribution >= 0.6 is 0 Å². The Bertz CT molecular complexity index is 508. The Morgan fingerprint density at radius 2 is 2.00 bits per heavy atom. The lowest BCUT2D eigenvalue weighted by atomic mass is 10.1. The third-order valence-electron chi connectivity index (χ3n) is 2.04. The summed E-state index contributed by atoms with van der Waals surface area (Å²) in [7, 11) is 0. The number of nitrogens with zero attached hydrogens (tertiary/aromatic N) is 1. The molecular formula is C10H7NO3. The number of para-hydroxylation sites is 1. The van der Waals surface area contributed by atoms with Crippen LogP contribution in [-0.2, 0) is 0 Å². The first kappa shape index (κ1) is 8.50. The van der Waals surface area contributed by atoms with Crippen LogP contribution in [0.2, 0.25) is 0 Å². The summed E-state index contributed by atoms with van der Waals surface area (Å²) in [6.45, 7) is 0. The van der Waals surface area contributed by atoms with Crippen LogP contribution in [0.4, 0.5) is 0 Å². The molecule has 0 amide bonds. The lowest BCUT2D eigenvalue weighted by Gasteiger charge is -2.02. The second-order valence-electron chi connectivity index (χ2n) is 2.88. The van der Waals surface area contributed by atoms with Gasteiger partial charge in [0.2, 0.25) is 5.52 Å². The first-order valence-electron chi connectivity index (χ1n) is 4.04. The number of carboxylic acids is 1. The number of carboxylic acid groups (broad SMARTS) is 1. The van der Waals surface area contributed by atoms with E-state index in [0.717, 1.165) is 0 Å². The van der Waals surface area contributed by atoms with Gasteiger partial charge in [-0.05, 0) is 6.07 Å². The Kier molecular flexibility index (Phi) is 1.81. The van der Waals surface area contributed by atoms with E-state index in [9.17, 15) is 10.0 Å². The lowest BCUT2D eigenvalue weighted by molar-refractivity contribution is -0.577. The molecule has 1 aromatic heterocycles. The minimum absolute atomic E-state index is 0.146. The SMILES string of the molecule is O=C(O)c1cc[n+]([O-])c2ccccc12. The monoisotopic (exact) mass is 189 g/mol. The van der Waals surface area contributed by atoms with Crippen molar-refractivity contribution in [3.05, 3.63) is 47.3 Å². The molecule has 2 rings (SSSR count). The molecule has 0 saturated heterocycles. The number of pyridine rings is 1. The predicted molar refractivity (Wildman–Crippen MR) is 49.9 cm³/mol. The quantitative estimate of drug-likeness (QED) is 0.541. The van der Waals surface area contributed by atoms with Gasteiger partial charge in [-0.15, -0.1) is 0 Å². The van der Waals surface area contributed by atoms with Crippen LogP contribution in [0.3, 0.4) is 0 Å². The van der Waals surface area contributed by atoms with Crippen LogP contribution in [0.5, 0.6) is 0 Å². The van der Waals surface area contributed by atoms with Crippen LogP contribution in [0, 0.1) is 5.21 Å². The van der Waals surface area contributed by atoms with Crippen molar-refractivity contribution < 1.29 is 14.6 Å². The number of aromatic nitrogens is 1. The van der Waals surface area contributed by atoms with Crippen molar-refractivity contribution in [2.45, 2.75) is 0 Å². The van der Waals surface area contributed by atoms with Gasteiger partial charge in [0.25, 0.3) is 0 Å². The highest BCUT2D eigenvalue weighted by molar-refractivity contribution is 6.01. The third kappa shape index (κ3) is 1.17. The Morgan fingerprint density at radius 1 is 1.29 bits per heavy atom. The first-order chi connectivity index (χ1) is 6.70. The zero-order valence-corrected chi connectivity index (χ0v) is 7.18. The minimum Gasteiger partial charge on any atom is -0.618 e. The maximum absolute atomic E-state index is 11.3. The zero-order chi connectivity index (χ0) is 10.1.